The van der Waals surface area contributed by atoms with Gasteiger partial charge in [-0.3, -0.25) is 0 Å². The number of hydrogen-bond donors (Lipinski definition) is 2. The average Bonchev–Trinajstić information content (AvgIpc) is 2.47. The molecule has 1 aliphatic carbocycles. The van der Waals surface area contributed by atoms with Gasteiger partial charge in [-0.15, -0.1) is 0 Å². The molecular formula is C14H23BrN4. The van der Waals surface area contributed by atoms with E-state index in [2.05, 4.69) is 43.5 Å². The first-order valence-corrected chi connectivity index (χ1v) is 7.96. The summed E-state index contributed by atoms with van der Waals surface area (Å²) in [4.78, 5) is 8.46. The first-order valence-electron chi connectivity index (χ1n) is 7.16. The molecule has 2 N–H and O–H groups in total. The van der Waals surface area contributed by atoms with Crippen molar-refractivity contribution in [1.29, 1.82) is 0 Å². The van der Waals surface area contributed by atoms with E-state index in [0.29, 0.717) is 0 Å². The van der Waals surface area contributed by atoms with Gasteiger partial charge in [0.15, 0.2) is 0 Å². The van der Waals surface area contributed by atoms with Crippen molar-refractivity contribution in [3.63, 3.8) is 0 Å². The van der Waals surface area contributed by atoms with E-state index in [0.717, 1.165) is 34.5 Å². The van der Waals surface area contributed by atoms with Crippen LogP contribution in [0.3, 0.4) is 0 Å². The molecule has 1 aromatic rings. The van der Waals surface area contributed by atoms with Gasteiger partial charge in [0.2, 0.25) is 0 Å². The number of anilines is 2. The molecule has 0 radical (unpaired) electrons. The van der Waals surface area contributed by atoms with Crippen LogP contribution in [0.5, 0.6) is 0 Å². The highest BCUT2D eigenvalue weighted by atomic mass is 79.9. The average molecular weight is 327 g/mol. The van der Waals surface area contributed by atoms with Crippen LogP contribution in [0, 0.1) is 11.8 Å². The normalized spacial score (nSPS) is 23.1. The fourth-order valence-corrected chi connectivity index (χ4v) is 3.30. The Balaban J connectivity index is 1.86. The molecule has 0 bridgehead atoms. The summed E-state index contributed by atoms with van der Waals surface area (Å²) in [5.74, 6) is 3.45. The summed E-state index contributed by atoms with van der Waals surface area (Å²) < 4.78 is 0.916. The molecule has 0 aromatic carbocycles. The predicted molar refractivity (Wildman–Crippen MR) is 83.5 cm³/mol. The molecule has 1 saturated carbocycles. The van der Waals surface area contributed by atoms with Crippen molar-refractivity contribution in [2.45, 2.75) is 39.0 Å². The second-order valence-electron chi connectivity index (χ2n) is 5.31. The van der Waals surface area contributed by atoms with Gasteiger partial charge in [-0.2, -0.15) is 0 Å². The van der Waals surface area contributed by atoms with Gasteiger partial charge in [-0.1, -0.05) is 26.2 Å². The molecule has 1 fully saturated rings. The Hall–Kier alpha value is -0.840. The van der Waals surface area contributed by atoms with E-state index in [1.54, 1.807) is 6.33 Å². The molecule has 1 heterocycles. The third-order valence-electron chi connectivity index (χ3n) is 4.13. The molecule has 5 heteroatoms. The van der Waals surface area contributed by atoms with Crippen molar-refractivity contribution < 1.29 is 0 Å². The van der Waals surface area contributed by atoms with Crippen molar-refractivity contribution >= 4 is 27.6 Å². The molecule has 0 unspecified atom stereocenters. The maximum Gasteiger partial charge on any atom is 0.145 e. The zero-order valence-electron chi connectivity index (χ0n) is 11.7. The largest absolute Gasteiger partial charge is 0.372 e. The standard InChI is InChI=1S/C14H23BrN4/c1-3-10-4-6-11(7-5-10)8-17-14-12(15)13(16-2)18-9-19-14/h9-11H,3-8H2,1-2H3,(H2,16,17,18,19). The van der Waals surface area contributed by atoms with Crippen LogP contribution in [0.15, 0.2) is 10.8 Å². The molecule has 0 amide bonds. The lowest BCUT2D eigenvalue weighted by molar-refractivity contribution is 0.278. The summed E-state index contributed by atoms with van der Waals surface area (Å²) in [6, 6.07) is 0. The van der Waals surface area contributed by atoms with Crippen molar-refractivity contribution in [3.8, 4) is 0 Å². The molecule has 0 saturated heterocycles. The van der Waals surface area contributed by atoms with Crippen LogP contribution < -0.4 is 10.6 Å². The molecule has 19 heavy (non-hydrogen) atoms. The lowest BCUT2D eigenvalue weighted by Gasteiger charge is -2.28. The Morgan fingerprint density at radius 3 is 2.42 bits per heavy atom. The number of nitrogens with one attached hydrogen (secondary N) is 2. The minimum Gasteiger partial charge on any atom is -0.372 e. The van der Waals surface area contributed by atoms with Crippen LogP contribution >= 0.6 is 15.9 Å². The maximum absolute atomic E-state index is 4.29. The molecule has 0 spiro atoms. The van der Waals surface area contributed by atoms with Gasteiger partial charge in [-0.05, 0) is 40.6 Å². The lowest BCUT2D eigenvalue weighted by atomic mass is 9.81. The van der Waals surface area contributed by atoms with E-state index >= 15 is 0 Å². The zero-order chi connectivity index (χ0) is 13.7. The molecule has 0 aliphatic heterocycles. The molecule has 106 valence electrons. The number of rotatable bonds is 5. The van der Waals surface area contributed by atoms with Crippen molar-refractivity contribution in [3.05, 3.63) is 10.8 Å². The Kier molecular flexibility index (Phi) is 5.43. The first-order chi connectivity index (χ1) is 9.24. The molecular weight excluding hydrogens is 304 g/mol. The van der Waals surface area contributed by atoms with Crippen LogP contribution in [0.2, 0.25) is 0 Å². The summed E-state index contributed by atoms with van der Waals surface area (Å²) in [6.45, 7) is 3.32. The number of hydrogen-bond acceptors (Lipinski definition) is 4. The smallest absolute Gasteiger partial charge is 0.145 e. The minimum absolute atomic E-state index is 0.780. The summed E-state index contributed by atoms with van der Waals surface area (Å²) in [5.41, 5.74) is 0. The highest BCUT2D eigenvalue weighted by Crippen LogP contribution is 2.31. The summed E-state index contributed by atoms with van der Waals surface area (Å²) in [6.07, 6.45) is 8.38. The Morgan fingerprint density at radius 2 is 1.79 bits per heavy atom. The molecule has 0 atom stereocenters. The Bertz CT molecular complexity index is 402. The van der Waals surface area contributed by atoms with E-state index < -0.39 is 0 Å². The van der Waals surface area contributed by atoms with Gasteiger partial charge in [0.05, 0.1) is 0 Å². The second-order valence-corrected chi connectivity index (χ2v) is 6.10. The van der Waals surface area contributed by atoms with Crippen molar-refractivity contribution in [2.24, 2.45) is 11.8 Å². The van der Waals surface area contributed by atoms with E-state index in [-0.39, 0.29) is 0 Å². The molecule has 1 aromatic heterocycles. The SMILES string of the molecule is CCC1CCC(CNc2ncnc(NC)c2Br)CC1. The van der Waals surface area contributed by atoms with Crippen LogP contribution in [0.25, 0.3) is 0 Å². The van der Waals surface area contributed by atoms with Crippen molar-refractivity contribution in [2.75, 3.05) is 24.2 Å². The summed E-state index contributed by atoms with van der Waals surface area (Å²) in [5, 5.41) is 6.50. The third-order valence-corrected chi connectivity index (χ3v) is 4.88. The fraction of sp³-hybridized carbons (Fsp3) is 0.714. The van der Waals surface area contributed by atoms with Crippen LogP contribution in [0.4, 0.5) is 11.6 Å². The third kappa shape index (κ3) is 3.81. The monoisotopic (exact) mass is 326 g/mol. The molecule has 1 aliphatic rings. The van der Waals surface area contributed by atoms with Gasteiger partial charge in [0, 0.05) is 13.6 Å². The van der Waals surface area contributed by atoms with Gasteiger partial charge in [-0.25, -0.2) is 9.97 Å². The highest BCUT2D eigenvalue weighted by Gasteiger charge is 2.20. The molecule has 2 rings (SSSR count). The fourth-order valence-electron chi connectivity index (χ4n) is 2.75. The summed E-state index contributed by atoms with van der Waals surface area (Å²) in [7, 11) is 1.86. The minimum atomic E-state index is 0.780. The van der Waals surface area contributed by atoms with Gasteiger partial charge >= 0.3 is 0 Å². The van der Waals surface area contributed by atoms with E-state index in [1.165, 1.54) is 32.1 Å². The Labute approximate surface area is 123 Å². The number of halogens is 1. The quantitative estimate of drug-likeness (QED) is 0.861. The van der Waals surface area contributed by atoms with Gasteiger partial charge in [0.1, 0.15) is 22.4 Å². The lowest BCUT2D eigenvalue weighted by Crippen LogP contribution is -2.21. The van der Waals surface area contributed by atoms with Gasteiger partial charge < -0.3 is 10.6 Å². The number of nitrogens with zero attached hydrogens (tertiary/aromatic N) is 2. The van der Waals surface area contributed by atoms with Gasteiger partial charge in [0.25, 0.3) is 0 Å². The first kappa shape index (κ1) is 14.6. The highest BCUT2D eigenvalue weighted by molar-refractivity contribution is 9.10. The Morgan fingerprint density at radius 1 is 1.16 bits per heavy atom. The number of aromatic nitrogens is 2. The van der Waals surface area contributed by atoms with Crippen LogP contribution in [-0.4, -0.2) is 23.6 Å². The van der Waals surface area contributed by atoms with E-state index in [4.69, 9.17) is 0 Å². The zero-order valence-corrected chi connectivity index (χ0v) is 13.3. The van der Waals surface area contributed by atoms with Crippen LogP contribution in [0.1, 0.15) is 39.0 Å². The maximum atomic E-state index is 4.29. The van der Waals surface area contributed by atoms with E-state index in [9.17, 15) is 0 Å². The topological polar surface area (TPSA) is 49.8 Å². The predicted octanol–water partition coefficient (Wildman–Crippen LogP) is 3.91. The van der Waals surface area contributed by atoms with Crippen LogP contribution in [-0.2, 0) is 0 Å². The summed E-state index contributed by atoms with van der Waals surface area (Å²) >= 11 is 3.54. The van der Waals surface area contributed by atoms with E-state index in [1.807, 2.05) is 7.05 Å². The second kappa shape index (κ2) is 7.08. The molecule has 4 nitrogen and oxygen atoms in total. The van der Waals surface area contributed by atoms with Crippen molar-refractivity contribution in [1.82, 2.24) is 9.97 Å².